The Bertz CT molecular complexity index is 941. The summed E-state index contributed by atoms with van der Waals surface area (Å²) in [5.41, 5.74) is 9.02. The molecule has 0 aromatic heterocycles. The van der Waals surface area contributed by atoms with E-state index in [1.54, 1.807) is 12.1 Å². The van der Waals surface area contributed by atoms with Gasteiger partial charge in [-0.2, -0.15) is 0 Å². The molecule has 0 aliphatic carbocycles. The molecule has 2 fully saturated rings. The van der Waals surface area contributed by atoms with Crippen molar-refractivity contribution in [1.29, 1.82) is 0 Å². The quantitative estimate of drug-likeness (QED) is 0.159. The molecule has 2 saturated heterocycles. The molecule has 0 radical (unpaired) electrons. The first-order valence-electron chi connectivity index (χ1n) is 16.0. The second-order valence-corrected chi connectivity index (χ2v) is 11.5. The van der Waals surface area contributed by atoms with E-state index >= 15 is 4.39 Å². The maximum Gasteiger partial charge on any atom is 0.414 e. The van der Waals surface area contributed by atoms with Crippen LogP contribution in [-0.4, -0.2) is 81.5 Å². The van der Waals surface area contributed by atoms with E-state index < -0.39 is 12.2 Å². The van der Waals surface area contributed by atoms with E-state index in [9.17, 15) is 9.59 Å². The number of hydrogen-bond donors (Lipinski definition) is 2. The van der Waals surface area contributed by atoms with E-state index in [0.29, 0.717) is 50.8 Å². The van der Waals surface area contributed by atoms with E-state index in [1.165, 1.54) is 55.9 Å². The molecule has 2 atom stereocenters. The molecule has 0 bridgehead atoms. The normalized spacial score (nSPS) is 17.2. The number of amides is 2. The monoisotopic (exact) mass is 649 g/mol. The number of unbranched alkanes of at least 4 members (excludes halogenated alkanes) is 9. The highest BCUT2D eigenvalue weighted by atomic mass is 35.5. The molecule has 2 amide bonds. The molecule has 0 spiro atoms. The van der Waals surface area contributed by atoms with Crippen molar-refractivity contribution in [2.24, 2.45) is 0 Å². The molecule has 1 aromatic rings. The molecule has 0 unspecified atom stereocenters. The van der Waals surface area contributed by atoms with Crippen LogP contribution in [0.1, 0.15) is 84.0 Å². The fourth-order valence-electron chi connectivity index (χ4n) is 5.65. The van der Waals surface area contributed by atoms with Crippen molar-refractivity contribution in [3.63, 3.8) is 0 Å². The van der Waals surface area contributed by atoms with E-state index in [4.69, 9.17) is 9.47 Å². The lowest BCUT2D eigenvalue weighted by atomic mass is 10.1. The lowest BCUT2D eigenvalue weighted by Gasteiger charge is -2.29. The van der Waals surface area contributed by atoms with Crippen molar-refractivity contribution >= 4 is 23.4 Å². The Hall–Kier alpha value is -1.85. The van der Waals surface area contributed by atoms with Gasteiger partial charge in [0.25, 0.3) is 5.91 Å². The summed E-state index contributed by atoms with van der Waals surface area (Å²) >= 11 is 0. The van der Waals surface area contributed by atoms with Gasteiger partial charge in [-0.15, -0.1) is 0 Å². The van der Waals surface area contributed by atoms with Crippen molar-refractivity contribution in [1.82, 2.24) is 4.90 Å². The molecule has 43 heavy (non-hydrogen) atoms. The summed E-state index contributed by atoms with van der Waals surface area (Å²) in [5.74, 6) is -0.353. The Labute approximate surface area is 270 Å². The molecule has 2 heterocycles. The first kappa shape index (κ1) is 39.2. The van der Waals surface area contributed by atoms with Crippen LogP contribution in [0, 0.1) is 5.82 Å². The van der Waals surface area contributed by atoms with Gasteiger partial charge >= 0.3 is 6.09 Å². The number of ether oxygens (including phenoxy) is 2. The predicted molar refractivity (Wildman–Crippen MR) is 159 cm³/mol. The maximum atomic E-state index is 15.0. The number of quaternary nitrogens is 2. The minimum absolute atomic E-state index is 0. The van der Waals surface area contributed by atoms with Gasteiger partial charge in [-0.25, -0.2) is 9.18 Å². The Kier molecular flexibility index (Phi) is 19.8. The molecule has 12 heteroatoms. The number of carbonyl (C=O) groups is 2. The summed E-state index contributed by atoms with van der Waals surface area (Å²) in [6.45, 7) is 6.73. The zero-order chi connectivity index (χ0) is 29.5. The standard InChI is InChI=1S/C31H52FN5O4.2ClH/c1-2-3-4-5-6-7-8-9-12-17-36(30(38)28(34)13-10-11-16-33)23-26-24-37(31(39)41-26)25-14-15-29(27(32)22-25)35-18-20-40-21-19-35;;/h14-15,22,26,28H,2-13,16-21,23-24,33-34H2,1H3;2*1H/t26-,28-;;/m0../s1. The van der Waals surface area contributed by atoms with E-state index in [0.717, 1.165) is 38.6 Å². The second kappa shape index (κ2) is 21.8. The molecule has 2 aliphatic heterocycles. The van der Waals surface area contributed by atoms with Crippen LogP contribution in [-0.2, 0) is 14.3 Å². The van der Waals surface area contributed by atoms with Crippen molar-refractivity contribution in [2.45, 2.75) is 96.1 Å². The smallest absolute Gasteiger partial charge is 0.414 e. The first-order valence-corrected chi connectivity index (χ1v) is 16.0. The molecule has 9 nitrogen and oxygen atoms in total. The minimum atomic E-state index is -0.509. The highest BCUT2D eigenvalue weighted by molar-refractivity contribution is 5.90. The number of benzene rings is 1. The summed E-state index contributed by atoms with van der Waals surface area (Å²) in [7, 11) is 0. The van der Waals surface area contributed by atoms with Crippen molar-refractivity contribution in [2.75, 3.05) is 62.3 Å². The van der Waals surface area contributed by atoms with Gasteiger partial charge in [-0.1, -0.05) is 58.3 Å². The maximum absolute atomic E-state index is 15.0. The van der Waals surface area contributed by atoms with E-state index in [2.05, 4.69) is 18.4 Å². The molecular weight excluding hydrogens is 596 g/mol. The zero-order valence-corrected chi connectivity index (χ0v) is 27.6. The van der Waals surface area contributed by atoms with Gasteiger partial charge in [0.15, 0.2) is 6.04 Å². The Morgan fingerprint density at radius 3 is 2.30 bits per heavy atom. The van der Waals surface area contributed by atoms with Crippen LogP contribution in [0.25, 0.3) is 0 Å². The average Bonchev–Trinajstić information content (AvgIpc) is 3.35. The number of hydrogen-bond acceptors (Lipinski definition) is 5. The first-order chi connectivity index (χ1) is 19.9. The van der Waals surface area contributed by atoms with Crippen LogP contribution in [0.2, 0.25) is 0 Å². The third kappa shape index (κ3) is 13.0. The zero-order valence-electron chi connectivity index (χ0n) is 26.1. The molecule has 3 rings (SSSR count). The number of anilines is 2. The van der Waals surface area contributed by atoms with Gasteiger partial charge in [0.05, 0.1) is 44.2 Å². The Morgan fingerprint density at radius 2 is 1.67 bits per heavy atom. The predicted octanol–water partition coefficient (Wildman–Crippen LogP) is -2.62. The number of nitrogens with zero attached hydrogens (tertiary/aromatic N) is 3. The van der Waals surface area contributed by atoms with Gasteiger partial charge in [0, 0.05) is 26.1 Å². The summed E-state index contributed by atoms with van der Waals surface area (Å²) in [6.07, 6.45) is 12.5. The van der Waals surface area contributed by atoms with Gasteiger partial charge in [-0.05, 0) is 37.5 Å². The van der Waals surface area contributed by atoms with Crippen LogP contribution in [0.4, 0.5) is 20.6 Å². The van der Waals surface area contributed by atoms with Crippen LogP contribution in [0.5, 0.6) is 0 Å². The summed E-state index contributed by atoms with van der Waals surface area (Å²) in [5, 5.41) is 0. The van der Waals surface area contributed by atoms with Gasteiger partial charge < -0.3 is 55.6 Å². The van der Waals surface area contributed by atoms with Crippen LogP contribution >= 0.6 is 0 Å². The van der Waals surface area contributed by atoms with Gasteiger partial charge in [0.1, 0.15) is 11.9 Å². The van der Waals surface area contributed by atoms with Crippen molar-refractivity contribution in [3.8, 4) is 0 Å². The number of carbonyl (C=O) groups excluding carboxylic acids is 2. The summed E-state index contributed by atoms with van der Waals surface area (Å²) in [4.78, 5) is 31.5. The largest absolute Gasteiger partial charge is 1.00 e. The van der Waals surface area contributed by atoms with Crippen LogP contribution in [0.3, 0.4) is 0 Å². The number of cyclic esters (lactones) is 1. The van der Waals surface area contributed by atoms with Crippen LogP contribution < -0.4 is 46.1 Å². The van der Waals surface area contributed by atoms with Gasteiger partial charge in [0.2, 0.25) is 0 Å². The molecule has 248 valence electrons. The van der Waals surface area contributed by atoms with Gasteiger partial charge in [-0.3, -0.25) is 9.69 Å². The number of halogens is 3. The Balaban J connectivity index is 0.00000462. The average molecular weight is 651 g/mol. The lowest BCUT2D eigenvalue weighted by Crippen LogP contribution is -3.00. The van der Waals surface area contributed by atoms with E-state index in [-0.39, 0.29) is 49.1 Å². The SMILES string of the molecule is CCCCCCCCCCCN(C[C@H]1CN(c2ccc(N3CCOCC3)c(F)c2)C(=O)O1)C(=O)[C@@H]([NH3+])CCCC[NH3+].[Cl-].[Cl-]. The lowest BCUT2D eigenvalue weighted by molar-refractivity contribution is -0.408. The van der Waals surface area contributed by atoms with Crippen molar-refractivity contribution in [3.05, 3.63) is 24.0 Å². The molecule has 1 aromatic carbocycles. The molecular formula is C31H54Cl2FN5O4. The second-order valence-electron chi connectivity index (χ2n) is 11.5. The fraction of sp³-hybridized carbons (Fsp3) is 0.742. The Morgan fingerprint density at radius 1 is 1.02 bits per heavy atom. The highest BCUT2D eigenvalue weighted by Crippen LogP contribution is 2.28. The summed E-state index contributed by atoms with van der Waals surface area (Å²) in [6, 6.07) is 4.55. The fourth-order valence-corrected chi connectivity index (χ4v) is 5.65. The topological polar surface area (TPSA) is 118 Å². The molecule has 6 N–H and O–H groups in total. The van der Waals surface area contributed by atoms with E-state index in [1.807, 2.05) is 9.80 Å². The highest BCUT2D eigenvalue weighted by Gasteiger charge is 2.36. The third-order valence-corrected chi connectivity index (χ3v) is 8.14. The minimum Gasteiger partial charge on any atom is -1.00 e. The van der Waals surface area contributed by atoms with Crippen LogP contribution in [0.15, 0.2) is 18.2 Å². The molecule has 0 saturated carbocycles. The third-order valence-electron chi connectivity index (χ3n) is 8.14. The summed E-state index contributed by atoms with van der Waals surface area (Å²) < 4.78 is 26.1. The van der Waals surface area contributed by atoms with Crippen molar-refractivity contribution < 1.29 is 59.7 Å². The number of rotatable bonds is 19. The molecule has 2 aliphatic rings. The number of morpholine rings is 1.